The molecule has 0 unspecified atom stereocenters. The second-order valence-electron chi connectivity index (χ2n) is 3.87. The summed E-state index contributed by atoms with van der Waals surface area (Å²) in [6.45, 7) is 2.52. The molecule has 1 aromatic carbocycles. The number of carbonyl (C=O) groups is 1. The Labute approximate surface area is 116 Å². The maximum absolute atomic E-state index is 11.9. The van der Waals surface area contributed by atoms with Gasteiger partial charge in [0.2, 0.25) is 5.88 Å². The predicted octanol–water partition coefficient (Wildman–Crippen LogP) is 2.14. The van der Waals surface area contributed by atoms with Crippen molar-refractivity contribution >= 4 is 11.6 Å². The van der Waals surface area contributed by atoms with Crippen LogP contribution in [0.25, 0.3) is 0 Å². The molecule has 6 heteroatoms. The van der Waals surface area contributed by atoms with Gasteiger partial charge in [-0.05, 0) is 37.3 Å². The molecule has 1 N–H and O–H groups in total. The van der Waals surface area contributed by atoms with Gasteiger partial charge in [0.25, 0.3) is 5.91 Å². The summed E-state index contributed by atoms with van der Waals surface area (Å²) in [4.78, 5) is 11.9. The first-order valence-corrected chi connectivity index (χ1v) is 6.15. The van der Waals surface area contributed by atoms with Gasteiger partial charge in [0.05, 0.1) is 13.7 Å². The minimum Gasteiger partial charge on any atom is -0.494 e. The third kappa shape index (κ3) is 3.44. The summed E-state index contributed by atoms with van der Waals surface area (Å²) in [7, 11) is 1.49. The van der Waals surface area contributed by atoms with Gasteiger partial charge >= 0.3 is 0 Å². The SMILES string of the molecule is CCOc1ccc(NC(=O)c2ccc(OC)nn2)cc1. The minimum absolute atomic E-state index is 0.222. The highest BCUT2D eigenvalue weighted by atomic mass is 16.5. The maximum Gasteiger partial charge on any atom is 0.276 e. The Morgan fingerprint density at radius 3 is 2.45 bits per heavy atom. The van der Waals surface area contributed by atoms with Gasteiger partial charge in [-0.3, -0.25) is 4.79 Å². The third-order valence-corrected chi connectivity index (χ3v) is 2.51. The second-order valence-corrected chi connectivity index (χ2v) is 3.87. The van der Waals surface area contributed by atoms with E-state index in [4.69, 9.17) is 9.47 Å². The van der Waals surface area contributed by atoms with Crippen molar-refractivity contribution in [3.8, 4) is 11.6 Å². The van der Waals surface area contributed by atoms with E-state index in [-0.39, 0.29) is 11.6 Å². The molecule has 0 spiro atoms. The Hall–Kier alpha value is -2.63. The summed E-state index contributed by atoms with van der Waals surface area (Å²) >= 11 is 0. The van der Waals surface area contributed by atoms with Gasteiger partial charge in [-0.1, -0.05) is 0 Å². The highest BCUT2D eigenvalue weighted by Crippen LogP contribution is 2.16. The molecule has 0 aliphatic carbocycles. The molecule has 6 nitrogen and oxygen atoms in total. The molecule has 0 aliphatic heterocycles. The van der Waals surface area contributed by atoms with Crippen molar-refractivity contribution in [3.05, 3.63) is 42.1 Å². The quantitative estimate of drug-likeness (QED) is 0.903. The summed E-state index contributed by atoms with van der Waals surface area (Å²) in [5, 5.41) is 10.3. The summed E-state index contributed by atoms with van der Waals surface area (Å²) < 4.78 is 10.2. The smallest absolute Gasteiger partial charge is 0.276 e. The third-order valence-electron chi connectivity index (χ3n) is 2.51. The monoisotopic (exact) mass is 273 g/mol. The number of rotatable bonds is 5. The number of amides is 1. The number of ether oxygens (including phenoxy) is 2. The van der Waals surface area contributed by atoms with Crippen LogP contribution >= 0.6 is 0 Å². The van der Waals surface area contributed by atoms with E-state index in [1.165, 1.54) is 7.11 Å². The first-order chi connectivity index (χ1) is 9.72. The van der Waals surface area contributed by atoms with Crippen LogP contribution in [0.5, 0.6) is 11.6 Å². The van der Waals surface area contributed by atoms with Crippen molar-refractivity contribution in [2.45, 2.75) is 6.92 Å². The van der Waals surface area contributed by atoms with E-state index in [9.17, 15) is 4.79 Å². The van der Waals surface area contributed by atoms with Crippen LogP contribution in [0.15, 0.2) is 36.4 Å². The largest absolute Gasteiger partial charge is 0.494 e. The topological polar surface area (TPSA) is 73.3 Å². The molecular weight excluding hydrogens is 258 g/mol. The minimum atomic E-state index is -0.329. The van der Waals surface area contributed by atoms with Gasteiger partial charge < -0.3 is 14.8 Å². The van der Waals surface area contributed by atoms with Gasteiger partial charge in [0.1, 0.15) is 5.75 Å². The Bertz CT molecular complexity index is 567. The van der Waals surface area contributed by atoms with Crippen LogP contribution < -0.4 is 14.8 Å². The molecule has 20 heavy (non-hydrogen) atoms. The molecule has 0 saturated heterocycles. The van der Waals surface area contributed by atoms with E-state index in [0.29, 0.717) is 18.2 Å². The lowest BCUT2D eigenvalue weighted by atomic mass is 10.3. The molecule has 2 aromatic rings. The molecule has 2 rings (SSSR count). The fourth-order valence-corrected chi connectivity index (χ4v) is 1.55. The Morgan fingerprint density at radius 2 is 1.90 bits per heavy atom. The van der Waals surface area contributed by atoms with Crippen molar-refractivity contribution in [1.82, 2.24) is 10.2 Å². The van der Waals surface area contributed by atoms with Crippen LogP contribution in [0.1, 0.15) is 17.4 Å². The van der Waals surface area contributed by atoms with Gasteiger partial charge in [0, 0.05) is 11.8 Å². The van der Waals surface area contributed by atoms with Crippen LogP contribution in [0, 0.1) is 0 Å². The zero-order valence-electron chi connectivity index (χ0n) is 11.3. The zero-order chi connectivity index (χ0) is 14.4. The molecule has 1 heterocycles. The zero-order valence-corrected chi connectivity index (χ0v) is 11.3. The lowest BCUT2D eigenvalue weighted by molar-refractivity contribution is 0.102. The Kier molecular flexibility index (Phi) is 4.49. The second kappa shape index (κ2) is 6.51. The highest BCUT2D eigenvalue weighted by molar-refractivity contribution is 6.02. The number of hydrogen-bond acceptors (Lipinski definition) is 5. The lowest BCUT2D eigenvalue weighted by Gasteiger charge is -2.06. The van der Waals surface area contributed by atoms with E-state index in [0.717, 1.165) is 5.75 Å². The number of nitrogens with zero attached hydrogens (tertiary/aromatic N) is 2. The van der Waals surface area contributed by atoms with Crippen molar-refractivity contribution in [1.29, 1.82) is 0 Å². The summed E-state index contributed by atoms with van der Waals surface area (Å²) in [6.07, 6.45) is 0. The van der Waals surface area contributed by atoms with Gasteiger partial charge in [-0.15, -0.1) is 10.2 Å². The van der Waals surface area contributed by atoms with Crippen LogP contribution in [0.2, 0.25) is 0 Å². The van der Waals surface area contributed by atoms with Crippen molar-refractivity contribution in [3.63, 3.8) is 0 Å². The number of hydrogen-bond donors (Lipinski definition) is 1. The molecule has 0 saturated carbocycles. The van der Waals surface area contributed by atoms with Crippen LogP contribution in [0.3, 0.4) is 0 Å². The molecule has 0 atom stereocenters. The molecule has 0 fully saturated rings. The Balaban J connectivity index is 2.02. The first-order valence-electron chi connectivity index (χ1n) is 6.15. The van der Waals surface area contributed by atoms with Crippen LogP contribution in [-0.2, 0) is 0 Å². The van der Waals surface area contributed by atoms with Crippen LogP contribution in [0.4, 0.5) is 5.69 Å². The fourth-order valence-electron chi connectivity index (χ4n) is 1.55. The maximum atomic E-state index is 11.9. The number of carbonyl (C=O) groups excluding carboxylic acids is 1. The normalized spacial score (nSPS) is 9.90. The number of aromatic nitrogens is 2. The van der Waals surface area contributed by atoms with Crippen LogP contribution in [-0.4, -0.2) is 29.8 Å². The van der Waals surface area contributed by atoms with E-state index >= 15 is 0 Å². The molecule has 1 amide bonds. The average Bonchev–Trinajstić information content (AvgIpc) is 2.49. The number of anilines is 1. The molecular formula is C14H15N3O3. The van der Waals surface area contributed by atoms with Crippen molar-refractivity contribution < 1.29 is 14.3 Å². The molecule has 0 radical (unpaired) electrons. The first kappa shape index (κ1) is 13.8. The van der Waals surface area contributed by atoms with Crippen molar-refractivity contribution in [2.24, 2.45) is 0 Å². The predicted molar refractivity (Wildman–Crippen MR) is 74.1 cm³/mol. The Morgan fingerprint density at radius 1 is 1.15 bits per heavy atom. The fraction of sp³-hybridized carbons (Fsp3) is 0.214. The molecule has 0 bridgehead atoms. The molecule has 1 aromatic heterocycles. The molecule has 0 aliphatic rings. The summed E-state index contributed by atoms with van der Waals surface area (Å²) in [5.74, 6) is 0.793. The van der Waals surface area contributed by atoms with Gasteiger partial charge in [0.15, 0.2) is 5.69 Å². The van der Waals surface area contributed by atoms with Crippen molar-refractivity contribution in [2.75, 3.05) is 19.0 Å². The number of nitrogens with one attached hydrogen (secondary N) is 1. The summed E-state index contributed by atoms with van der Waals surface area (Å²) in [5.41, 5.74) is 0.885. The highest BCUT2D eigenvalue weighted by Gasteiger charge is 2.08. The van der Waals surface area contributed by atoms with E-state index in [1.807, 2.05) is 6.92 Å². The van der Waals surface area contributed by atoms with E-state index < -0.39 is 0 Å². The van der Waals surface area contributed by atoms with E-state index in [2.05, 4.69) is 15.5 Å². The van der Waals surface area contributed by atoms with Gasteiger partial charge in [-0.25, -0.2) is 0 Å². The number of benzene rings is 1. The van der Waals surface area contributed by atoms with Gasteiger partial charge in [-0.2, -0.15) is 0 Å². The average molecular weight is 273 g/mol. The van der Waals surface area contributed by atoms with E-state index in [1.54, 1.807) is 36.4 Å². The standard InChI is InChI=1S/C14H15N3O3/c1-3-20-11-6-4-10(5-7-11)15-14(18)12-8-9-13(19-2)17-16-12/h4-9H,3H2,1-2H3,(H,15,18). The lowest BCUT2D eigenvalue weighted by Crippen LogP contribution is -2.14. The summed E-state index contributed by atoms with van der Waals surface area (Å²) in [6, 6.07) is 10.2. The number of methoxy groups -OCH3 is 1. The molecule has 104 valence electrons.